The van der Waals surface area contributed by atoms with E-state index in [9.17, 15) is 9.18 Å². The lowest BCUT2D eigenvalue weighted by atomic mass is 9.88. The van der Waals surface area contributed by atoms with E-state index in [2.05, 4.69) is 48.4 Å². The number of rotatable bonds is 4. The van der Waals surface area contributed by atoms with Crippen LogP contribution in [-0.4, -0.2) is 26.9 Å². The van der Waals surface area contributed by atoms with Crippen LogP contribution in [0.4, 0.5) is 10.1 Å². The number of primary amides is 1. The third-order valence-corrected chi connectivity index (χ3v) is 6.29. The zero-order valence-electron chi connectivity index (χ0n) is 14.7. The molecule has 1 unspecified atom stereocenters. The van der Waals surface area contributed by atoms with Crippen molar-refractivity contribution in [3.8, 4) is 11.4 Å². The van der Waals surface area contributed by atoms with Crippen LogP contribution in [0.2, 0.25) is 0 Å². The van der Waals surface area contributed by atoms with E-state index in [0.717, 1.165) is 27.7 Å². The number of anilines is 1. The molecule has 2 aromatic heterocycles. The summed E-state index contributed by atoms with van der Waals surface area (Å²) in [6.45, 7) is 0. The van der Waals surface area contributed by atoms with Gasteiger partial charge in [-0.15, -0.1) is 0 Å². The van der Waals surface area contributed by atoms with Gasteiger partial charge in [0, 0.05) is 17.8 Å². The molecule has 28 heavy (non-hydrogen) atoms. The van der Waals surface area contributed by atoms with Gasteiger partial charge < -0.3 is 16.0 Å². The van der Waals surface area contributed by atoms with E-state index in [0.29, 0.717) is 11.5 Å². The number of aromatic amines is 1. The van der Waals surface area contributed by atoms with Gasteiger partial charge in [0.1, 0.15) is 17.2 Å². The Morgan fingerprint density at radius 3 is 2.75 bits per heavy atom. The molecule has 1 amide bonds. The van der Waals surface area contributed by atoms with Crippen molar-refractivity contribution >= 4 is 38.7 Å². The zero-order chi connectivity index (χ0) is 19.4. The molecule has 0 radical (unpaired) electrons. The summed E-state index contributed by atoms with van der Waals surface area (Å²) in [5.74, 6) is 0.217. The van der Waals surface area contributed by atoms with Crippen LogP contribution >= 0.6 is 15.9 Å². The number of nitrogens with one attached hydrogen (secondary N) is 2. The van der Waals surface area contributed by atoms with Crippen LogP contribution < -0.4 is 11.1 Å². The lowest BCUT2D eigenvalue weighted by molar-refractivity contribution is -0.122. The summed E-state index contributed by atoms with van der Waals surface area (Å²) in [6.07, 6.45) is 6.87. The summed E-state index contributed by atoms with van der Waals surface area (Å²) in [7, 11) is 0. The van der Waals surface area contributed by atoms with Gasteiger partial charge in [-0.1, -0.05) is 12.2 Å². The predicted octanol–water partition coefficient (Wildman–Crippen LogP) is 3.61. The Kier molecular flexibility index (Phi) is 3.97. The molecule has 2 bridgehead atoms. The van der Waals surface area contributed by atoms with Crippen LogP contribution in [0.1, 0.15) is 6.42 Å². The molecule has 2 aliphatic carbocycles. The van der Waals surface area contributed by atoms with Gasteiger partial charge in [0.25, 0.3) is 0 Å². The number of carbonyl (C=O) groups excluding carboxylic acids is 1. The second-order valence-corrected chi connectivity index (χ2v) is 8.17. The predicted molar refractivity (Wildman–Crippen MR) is 108 cm³/mol. The quantitative estimate of drug-likeness (QED) is 0.538. The van der Waals surface area contributed by atoms with E-state index in [1.807, 2.05) is 0 Å². The number of halogens is 2. The first-order chi connectivity index (χ1) is 13.5. The summed E-state index contributed by atoms with van der Waals surface area (Å²) >= 11 is 3.55. The summed E-state index contributed by atoms with van der Waals surface area (Å²) in [5.41, 5.74) is 8.51. The molecule has 4 atom stereocenters. The molecular formula is C20H17BrFN5O. The third-order valence-electron chi connectivity index (χ3n) is 5.69. The Morgan fingerprint density at radius 1 is 1.25 bits per heavy atom. The number of nitrogens with zero attached hydrogens (tertiary/aromatic N) is 2. The Bertz CT molecular complexity index is 1110. The Hall–Kier alpha value is -2.74. The minimum absolute atomic E-state index is 0.0769. The molecule has 8 heteroatoms. The van der Waals surface area contributed by atoms with Crippen LogP contribution in [0, 0.1) is 23.6 Å². The Balaban J connectivity index is 1.56. The van der Waals surface area contributed by atoms with E-state index < -0.39 is 0 Å². The van der Waals surface area contributed by atoms with Crippen molar-refractivity contribution in [2.24, 2.45) is 23.5 Å². The maximum absolute atomic E-state index is 13.2. The van der Waals surface area contributed by atoms with Gasteiger partial charge in [0.15, 0.2) is 5.65 Å². The van der Waals surface area contributed by atoms with Gasteiger partial charge in [-0.25, -0.2) is 14.4 Å². The molecule has 0 aliphatic heterocycles. The van der Waals surface area contributed by atoms with Crippen molar-refractivity contribution in [3.05, 3.63) is 52.9 Å². The molecule has 4 N–H and O–H groups in total. The summed E-state index contributed by atoms with van der Waals surface area (Å²) < 4.78 is 14.0. The van der Waals surface area contributed by atoms with E-state index in [-0.39, 0.29) is 35.5 Å². The molecule has 0 spiro atoms. The summed E-state index contributed by atoms with van der Waals surface area (Å²) in [6, 6.07) is 6.04. The number of imidazole rings is 1. The number of carbonyl (C=O) groups is 1. The molecule has 1 saturated carbocycles. The van der Waals surface area contributed by atoms with Gasteiger partial charge in [-0.3, -0.25) is 4.79 Å². The Labute approximate surface area is 168 Å². The maximum Gasteiger partial charge on any atom is 0.223 e. The largest absolute Gasteiger partial charge is 0.378 e. The van der Waals surface area contributed by atoms with Crippen molar-refractivity contribution in [2.45, 2.75) is 12.5 Å². The maximum atomic E-state index is 13.2. The molecule has 6 nitrogen and oxygen atoms in total. The van der Waals surface area contributed by atoms with E-state index >= 15 is 0 Å². The number of amides is 1. The van der Waals surface area contributed by atoms with E-state index in [4.69, 9.17) is 5.73 Å². The van der Waals surface area contributed by atoms with Crippen LogP contribution in [0.25, 0.3) is 22.6 Å². The molecule has 5 rings (SSSR count). The van der Waals surface area contributed by atoms with E-state index in [1.54, 1.807) is 18.3 Å². The minimum atomic E-state index is -0.301. The lowest BCUT2D eigenvalue weighted by Gasteiger charge is -2.28. The average Bonchev–Trinajstić information content (AvgIpc) is 3.38. The second-order valence-electron chi connectivity index (χ2n) is 7.32. The molecular weight excluding hydrogens is 425 g/mol. The molecule has 1 fully saturated rings. The first kappa shape index (κ1) is 17.4. The summed E-state index contributed by atoms with van der Waals surface area (Å²) in [4.78, 5) is 24.2. The highest BCUT2D eigenvalue weighted by molar-refractivity contribution is 9.10. The third kappa shape index (κ3) is 2.71. The second kappa shape index (κ2) is 6.41. The fourth-order valence-corrected chi connectivity index (χ4v) is 4.81. The highest BCUT2D eigenvalue weighted by atomic mass is 79.9. The first-order valence-corrected chi connectivity index (χ1v) is 9.85. The smallest absolute Gasteiger partial charge is 0.223 e. The van der Waals surface area contributed by atoms with Gasteiger partial charge >= 0.3 is 0 Å². The molecule has 3 aromatic rings. The van der Waals surface area contributed by atoms with E-state index in [1.165, 1.54) is 12.1 Å². The monoisotopic (exact) mass is 441 g/mol. The molecule has 2 heterocycles. The number of H-pyrrole nitrogens is 1. The standard InChI is InChI=1S/C20H17BrFN5O/c21-13-8-24-20-17(26-19(27-20)9-3-5-12(22)6-4-9)16(13)25-15-11-2-1-10(7-11)14(15)18(23)28/h1-6,8,10-11,14-15H,7H2,(H2,23,28)(H2,24,25,26,27)/t10-,11+,14+,15?/m1/s1. The van der Waals surface area contributed by atoms with Gasteiger partial charge in [-0.05, 0) is 58.5 Å². The van der Waals surface area contributed by atoms with Crippen molar-refractivity contribution < 1.29 is 9.18 Å². The molecule has 1 aromatic carbocycles. The number of nitrogens with two attached hydrogens (primary N) is 1. The van der Waals surface area contributed by atoms with Crippen molar-refractivity contribution in [1.82, 2.24) is 15.0 Å². The number of hydrogen-bond donors (Lipinski definition) is 3. The highest BCUT2D eigenvalue weighted by Crippen LogP contribution is 2.46. The number of allylic oxidation sites excluding steroid dienone is 1. The minimum Gasteiger partial charge on any atom is -0.378 e. The SMILES string of the molecule is NC(=O)[C@@H]1C(Nc2c(Br)cnc3nc(-c4ccc(F)cc4)[nH]c23)[C@H]2C=C[C@@H]1C2. The van der Waals surface area contributed by atoms with Crippen molar-refractivity contribution in [3.63, 3.8) is 0 Å². The number of fused-ring (bicyclic) bond motifs is 3. The van der Waals surface area contributed by atoms with Crippen LogP contribution in [0.15, 0.2) is 47.1 Å². The summed E-state index contributed by atoms with van der Waals surface area (Å²) in [5, 5.41) is 3.52. The number of pyridine rings is 1. The normalized spacial score (nSPS) is 25.5. The van der Waals surface area contributed by atoms with Crippen LogP contribution in [0.3, 0.4) is 0 Å². The first-order valence-electron chi connectivity index (χ1n) is 9.05. The van der Waals surface area contributed by atoms with Crippen molar-refractivity contribution in [1.29, 1.82) is 0 Å². The highest BCUT2D eigenvalue weighted by Gasteiger charge is 2.47. The number of hydrogen-bond acceptors (Lipinski definition) is 4. The van der Waals surface area contributed by atoms with Gasteiger partial charge in [0.05, 0.1) is 16.1 Å². The zero-order valence-corrected chi connectivity index (χ0v) is 16.3. The number of aromatic nitrogens is 3. The topological polar surface area (TPSA) is 96.7 Å². The average molecular weight is 442 g/mol. The fourth-order valence-electron chi connectivity index (χ4n) is 4.39. The molecule has 142 valence electrons. The van der Waals surface area contributed by atoms with Gasteiger partial charge in [-0.2, -0.15) is 0 Å². The van der Waals surface area contributed by atoms with Crippen molar-refractivity contribution in [2.75, 3.05) is 5.32 Å². The molecule has 2 aliphatic rings. The fraction of sp³-hybridized carbons (Fsp3) is 0.250. The number of benzene rings is 1. The van der Waals surface area contributed by atoms with Gasteiger partial charge in [0.2, 0.25) is 5.91 Å². The Morgan fingerprint density at radius 2 is 2.00 bits per heavy atom. The van der Waals surface area contributed by atoms with Crippen LogP contribution in [-0.2, 0) is 4.79 Å². The van der Waals surface area contributed by atoms with Crippen LogP contribution in [0.5, 0.6) is 0 Å². The molecule has 0 saturated heterocycles. The lowest BCUT2D eigenvalue weighted by Crippen LogP contribution is -2.41.